The molecule has 14 heavy (non-hydrogen) atoms. The monoisotopic (exact) mass is 207 g/mol. The molecule has 2 nitrogen and oxygen atoms in total. The van der Waals surface area contributed by atoms with Gasteiger partial charge < -0.3 is 4.90 Å². The van der Waals surface area contributed by atoms with Gasteiger partial charge in [0.2, 0.25) is 6.41 Å². The summed E-state index contributed by atoms with van der Waals surface area (Å²) in [5.74, 6) is 3.24. The average Bonchev–Trinajstić information content (AvgIpc) is 2.14. The number of amides is 1. The molecule has 0 unspecified atom stereocenters. The van der Waals surface area contributed by atoms with Gasteiger partial charge in [0.1, 0.15) is 8.07 Å². The largest absolute Gasteiger partial charge is 0.341 e. The summed E-state index contributed by atoms with van der Waals surface area (Å²) in [6.07, 6.45) is 3.88. The van der Waals surface area contributed by atoms with E-state index >= 15 is 0 Å². The Labute approximate surface area is 87.0 Å². The molecule has 1 aliphatic rings. The highest BCUT2D eigenvalue weighted by Gasteiger charge is 2.10. The first-order valence-corrected chi connectivity index (χ1v) is 8.43. The minimum atomic E-state index is -1.25. The van der Waals surface area contributed by atoms with E-state index in [-0.39, 0.29) is 0 Å². The van der Waals surface area contributed by atoms with Gasteiger partial charge in [-0.2, -0.15) is 0 Å². The first-order chi connectivity index (χ1) is 6.51. The number of nitrogens with zero attached hydrogens (tertiary/aromatic N) is 1. The van der Waals surface area contributed by atoms with Gasteiger partial charge in [-0.15, -0.1) is 5.54 Å². The van der Waals surface area contributed by atoms with Crippen LogP contribution >= 0.6 is 0 Å². The van der Waals surface area contributed by atoms with Crippen molar-refractivity contribution in [2.24, 2.45) is 0 Å². The normalized spacial score (nSPS) is 16.8. The lowest BCUT2D eigenvalue weighted by atomic mass is 10.1. The molecule has 76 valence electrons. The second-order valence-corrected chi connectivity index (χ2v) is 9.33. The third-order valence-electron chi connectivity index (χ3n) is 1.99. The molecule has 1 rings (SSSR count). The van der Waals surface area contributed by atoms with Crippen LogP contribution in [-0.2, 0) is 4.79 Å². The molecule has 0 N–H and O–H groups in total. The highest BCUT2D eigenvalue weighted by Crippen LogP contribution is 2.08. The molecular formula is C11H17NOSi. The van der Waals surface area contributed by atoms with Crippen LogP contribution in [0.25, 0.3) is 0 Å². The fourth-order valence-corrected chi connectivity index (χ4v) is 1.70. The van der Waals surface area contributed by atoms with Crippen molar-refractivity contribution < 1.29 is 4.79 Å². The summed E-state index contributed by atoms with van der Waals surface area (Å²) in [6, 6.07) is 0. The van der Waals surface area contributed by atoms with E-state index in [4.69, 9.17) is 0 Å². The SMILES string of the molecule is C[Si](C)(C)C#CC1=CCN(C=O)CC1. The Morgan fingerprint density at radius 1 is 1.50 bits per heavy atom. The van der Waals surface area contributed by atoms with Crippen LogP contribution in [0.4, 0.5) is 0 Å². The lowest BCUT2D eigenvalue weighted by molar-refractivity contribution is -0.117. The third kappa shape index (κ3) is 3.80. The maximum absolute atomic E-state index is 10.5. The van der Waals surface area contributed by atoms with Crippen LogP contribution in [0.3, 0.4) is 0 Å². The topological polar surface area (TPSA) is 20.3 Å². The molecule has 0 aromatic heterocycles. The van der Waals surface area contributed by atoms with E-state index in [9.17, 15) is 4.79 Å². The van der Waals surface area contributed by atoms with Crippen molar-refractivity contribution in [3.63, 3.8) is 0 Å². The second kappa shape index (κ2) is 4.47. The number of rotatable bonds is 1. The van der Waals surface area contributed by atoms with Crippen LogP contribution in [0, 0.1) is 11.5 Å². The van der Waals surface area contributed by atoms with E-state index in [2.05, 4.69) is 37.2 Å². The molecule has 1 aliphatic heterocycles. The smallest absolute Gasteiger partial charge is 0.209 e. The van der Waals surface area contributed by atoms with Crippen molar-refractivity contribution in [1.29, 1.82) is 0 Å². The molecular weight excluding hydrogens is 190 g/mol. The molecule has 0 atom stereocenters. The molecule has 0 radical (unpaired) electrons. The summed E-state index contributed by atoms with van der Waals surface area (Å²) in [6.45, 7) is 8.25. The van der Waals surface area contributed by atoms with Gasteiger partial charge in [0.25, 0.3) is 0 Å². The maximum atomic E-state index is 10.5. The zero-order chi connectivity index (χ0) is 10.6. The molecule has 0 saturated carbocycles. The second-order valence-electron chi connectivity index (χ2n) is 4.58. The number of carbonyl (C=O) groups is 1. The minimum Gasteiger partial charge on any atom is -0.341 e. The first-order valence-electron chi connectivity index (χ1n) is 4.93. The van der Waals surface area contributed by atoms with Crippen LogP contribution in [0.5, 0.6) is 0 Å². The highest BCUT2D eigenvalue weighted by molar-refractivity contribution is 6.83. The predicted molar refractivity (Wildman–Crippen MR) is 61.5 cm³/mol. The van der Waals surface area contributed by atoms with E-state index in [1.165, 1.54) is 5.57 Å². The summed E-state index contributed by atoms with van der Waals surface area (Å²) < 4.78 is 0. The maximum Gasteiger partial charge on any atom is 0.209 e. The summed E-state index contributed by atoms with van der Waals surface area (Å²) >= 11 is 0. The van der Waals surface area contributed by atoms with E-state index in [1.807, 2.05) is 0 Å². The average molecular weight is 207 g/mol. The van der Waals surface area contributed by atoms with Gasteiger partial charge in [-0.3, -0.25) is 4.79 Å². The van der Waals surface area contributed by atoms with E-state index in [0.29, 0.717) is 0 Å². The van der Waals surface area contributed by atoms with Gasteiger partial charge >= 0.3 is 0 Å². The third-order valence-corrected chi connectivity index (χ3v) is 2.86. The number of carbonyl (C=O) groups excluding carboxylic acids is 1. The fraction of sp³-hybridized carbons (Fsp3) is 0.545. The van der Waals surface area contributed by atoms with Crippen LogP contribution in [-0.4, -0.2) is 32.5 Å². The van der Waals surface area contributed by atoms with E-state index in [1.54, 1.807) is 4.90 Å². The summed E-state index contributed by atoms with van der Waals surface area (Å²) in [4.78, 5) is 12.2. The lowest BCUT2D eigenvalue weighted by Gasteiger charge is -2.20. The Balaban J connectivity index is 2.59. The molecule has 1 heterocycles. The Kier molecular flexibility index (Phi) is 3.53. The van der Waals surface area contributed by atoms with Gasteiger partial charge in [-0.05, 0) is 6.42 Å². The van der Waals surface area contributed by atoms with Crippen molar-refractivity contribution in [2.45, 2.75) is 26.1 Å². The highest BCUT2D eigenvalue weighted by atomic mass is 28.3. The molecule has 0 fully saturated rings. The van der Waals surface area contributed by atoms with Crippen molar-refractivity contribution in [3.8, 4) is 11.5 Å². The predicted octanol–water partition coefficient (Wildman–Crippen LogP) is 1.66. The standard InChI is InChI=1S/C11H17NOSi/c1-14(2,3)9-6-11-4-7-12(10-13)8-5-11/h4,10H,5,7-8H2,1-3H3. The van der Waals surface area contributed by atoms with Crippen molar-refractivity contribution >= 4 is 14.5 Å². The van der Waals surface area contributed by atoms with Gasteiger partial charge in [0.05, 0.1) is 0 Å². The summed E-state index contributed by atoms with van der Waals surface area (Å²) in [7, 11) is -1.25. The van der Waals surface area contributed by atoms with Crippen LogP contribution in [0.2, 0.25) is 19.6 Å². The number of hydrogen-bond donors (Lipinski definition) is 0. The minimum absolute atomic E-state index is 0.721. The molecule has 0 aliphatic carbocycles. The quantitative estimate of drug-likeness (QED) is 0.364. The van der Waals surface area contributed by atoms with E-state index < -0.39 is 8.07 Å². The molecule has 0 aromatic carbocycles. The van der Waals surface area contributed by atoms with Crippen molar-refractivity contribution in [1.82, 2.24) is 4.90 Å². The molecule has 0 bridgehead atoms. The molecule has 1 amide bonds. The summed E-state index contributed by atoms with van der Waals surface area (Å²) in [5.41, 5.74) is 4.54. The Morgan fingerprint density at radius 3 is 2.64 bits per heavy atom. The molecule has 0 spiro atoms. The van der Waals surface area contributed by atoms with Gasteiger partial charge in [0, 0.05) is 18.7 Å². The van der Waals surface area contributed by atoms with Crippen molar-refractivity contribution in [3.05, 3.63) is 11.6 Å². The molecule has 0 saturated heterocycles. The zero-order valence-electron chi connectivity index (χ0n) is 9.13. The Morgan fingerprint density at radius 2 is 2.21 bits per heavy atom. The van der Waals surface area contributed by atoms with Crippen LogP contribution in [0.1, 0.15) is 6.42 Å². The lowest BCUT2D eigenvalue weighted by Crippen LogP contribution is -2.27. The first kappa shape index (κ1) is 11.1. The van der Waals surface area contributed by atoms with Gasteiger partial charge in [-0.25, -0.2) is 0 Å². The Hall–Kier alpha value is -1.01. The molecule has 0 aromatic rings. The molecule has 3 heteroatoms. The van der Waals surface area contributed by atoms with E-state index in [0.717, 1.165) is 25.9 Å². The summed E-state index contributed by atoms with van der Waals surface area (Å²) in [5, 5.41) is 0. The van der Waals surface area contributed by atoms with Gasteiger partial charge in [0.15, 0.2) is 0 Å². The number of hydrogen-bond acceptors (Lipinski definition) is 1. The van der Waals surface area contributed by atoms with Gasteiger partial charge in [-0.1, -0.05) is 31.6 Å². The van der Waals surface area contributed by atoms with Crippen LogP contribution in [0.15, 0.2) is 11.6 Å². The fourth-order valence-electron chi connectivity index (χ4n) is 1.16. The zero-order valence-corrected chi connectivity index (χ0v) is 10.1. The Bertz CT molecular complexity index is 303. The van der Waals surface area contributed by atoms with Crippen LogP contribution < -0.4 is 0 Å². The van der Waals surface area contributed by atoms with Crippen molar-refractivity contribution in [2.75, 3.05) is 13.1 Å².